The second-order valence-corrected chi connectivity index (χ2v) is 6.73. The normalized spacial score (nSPS) is 22.6. The summed E-state index contributed by atoms with van der Waals surface area (Å²) in [5.74, 6) is -0.580. The van der Waals surface area contributed by atoms with E-state index in [2.05, 4.69) is 5.32 Å². The van der Waals surface area contributed by atoms with Gasteiger partial charge in [0.25, 0.3) is 5.91 Å². The summed E-state index contributed by atoms with van der Waals surface area (Å²) in [6, 6.07) is 11.8. The molecule has 1 amide bonds. The number of amides is 1. The molecule has 2 aliphatic rings. The Labute approximate surface area is 150 Å². The number of para-hydroxylation sites is 1. The van der Waals surface area contributed by atoms with Crippen molar-refractivity contribution in [1.82, 2.24) is 4.90 Å². The topological polar surface area (TPSA) is 41.6 Å². The molecular formula is C19H18ClFN2O2. The zero-order valence-corrected chi connectivity index (χ0v) is 14.3. The molecule has 6 heteroatoms. The molecule has 2 heterocycles. The molecular weight excluding hydrogens is 343 g/mol. The van der Waals surface area contributed by atoms with Crippen molar-refractivity contribution in [3.05, 3.63) is 64.4 Å². The first kappa shape index (κ1) is 16.4. The van der Waals surface area contributed by atoms with Crippen LogP contribution in [0.3, 0.4) is 0 Å². The van der Waals surface area contributed by atoms with Crippen LogP contribution in [0.2, 0.25) is 5.02 Å². The maximum atomic E-state index is 14.5. The van der Waals surface area contributed by atoms with E-state index < -0.39 is 12.0 Å². The van der Waals surface area contributed by atoms with Gasteiger partial charge < -0.3 is 15.0 Å². The second kappa shape index (κ2) is 6.65. The van der Waals surface area contributed by atoms with Gasteiger partial charge in [-0.25, -0.2) is 4.39 Å². The van der Waals surface area contributed by atoms with E-state index in [9.17, 15) is 9.18 Å². The lowest BCUT2D eigenvalue weighted by molar-refractivity contribution is 0.0423. The van der Waals surface area contributed by atoms with Crippen LogP contribution < -0.4 is 5.32 Å². The number of fused-ring (bicyclic) bond motifs is 1. The molecule has 25 heavy (non-hydrogen) atoms. The van der Waals surface area contributed by atoms with E-state index in [1.165, 1.54) is 6.07 Å². The number of nitrogens with one attached hydrogen (secondary N) is 1. The zero-order chi connectivity index (χ0) is 17.4. The molecule has 2 aromatic rings. The quantitative estimate of drug-likeness (QED) is 0.890. The molecule has 1 fully saturated rings. The summed E-state index contributed by atoms with van der Waals surface area (Å²) in [4.78, 5) is 14.7. The monoisotopic (exact) mass is 360 g/mol. The van der Waals surface area contributed by atoms with Crippen molar-refractivity contribution in [3.63, 3.8) is 0 Å². The maximum Gasteiger partial charge on any atom is 0.257 e. The second-order valence-electron chi connectivity index (χ2n) is 6.32. The van der Waals surface area contributed by atoms with Crippen LogP contribution in [0.25, 0.3) is 0 Å². The molecule has 2 atom stereocenters. The van der Waals surface area contributed by atoms with Crippen LogP contribution in [0.5, 0.6) is 0 Å². The summed E-state index contributed by atoms with van der Waals surface area (Å²) in [6.45, 7) is 1.09. The largest absolute Gasteiger partial charge is 0.376 e. The lowest BCUT2D eigenvalue weighted by Crippen LogP contribution is -2.46. The van der Waals surface area contributed by atoms with Gasteiger partial charge in [-0.2, -0.15) is 0 Å². The predicted octanol–water partition coefficient (Wildman–Crippen LogP) is 4.22. The Balaban J connectivity index is 1.77. The van der Waals surface area contributed by atoms with E-state index in [0.717, 1.165) is 12.8 Å². The molecule has 0 saturated carbocycles. The maximum absolute atomic E-state index is 14.5. The van der Waals surface area contributed by atoms with Gasteiger partial charge in [-0.1, -0.05) is 29.8 Å². The molecule has 2 aliphatic heterocycles. The SMILES string of the molecule is O=C1c2ccccc2NC(c2c(F)cccc2Cl)N1CC1CCCO1. The molecule has 4 rings (SSSR count). The van der Waals surface area contributed by atoms with Gasteiger partial charge >= 0.3 is 0 Å². The van der Waals surface area contributed by atoms with Crippen LogP contribution in [0, 0.1) is 5.82 Å². The highest BCUT2D eigenvalue weighted by molar-refractivity contribution is 6.31. The lowest BCUT2D eigenvalue weighted by Gasteiger charge is -2.39. The molecule has 1 N–H and O–H groups in total. The van der Waals surface area contributed by atoms with Gasteiger partial charge in [0.05, 0.1) is 16.7 Å². The number of carbonyl (C=O) groups excluding carboxylic acids is 1. The van der Waals surface area contributed by atoms with Crippen molar-refractivity contribution in [3.8, 4) is 0 Å². The molecule has 4 nitrogen and oxygen atoms in total. The third-order valence-corrected chi connectivity index (χ3v) is 5.05. The summed E-state index contributed by atoms with van der Waals surface area (Å²) in [5.41, 5.74) is 1.54. The van der Waals surface area contributed by atoms with E-state index in [1.807, 2.05) is 18.2 Å². The minimum absolute atomic E-state index is 0.0379. The number of benzene rings is 2. The zero-order valence-electron chi connectivity index (χ0n) is 13.5. The van der Waals surface area contributed by atoms with Crippen LogP contribution in [-0.4, -0.2) is 30.1 Å². The Kier molecular flexibility index (Phi) is 4.36. The Bertz CT molecular complexity index is 788. The first-order chi connectivity index (χ1) is 12.1. The third kappa shape index (κ3) is 2.98. The molecule has 1 saturated heterocycles. The molecule has 0 aliphatic carbocycles. The Morgan fingerprint density at radius 2 is 2.08 bits per heavy atom. The van der Waals surface area contributed by atoms with Gasteiger partial charge in [-0.05, 0) is 37.1 Å². The summed E-state index contributed by atoms with van der Waals surface area (Å²) in [5, 5.41) is 3.57. The summed E-state index contributed by atoms with van der Waals surface area (Å²) >= 11 is 6.27. The predicted molar refractivity (Wildman–Crippen MR) is 94.2 cm³/mol. The lowest BCUT2D eigenvalue weighted by atomic mass is 10.0. The highest BCUT2D eigenvalue weighted by Gasteiger charge is 2.37. The smallest absolute Gasteiger partial charge is 0.257 e. The highest BCUT2D eigenvalue weighted by Crippen LogP contribution is 2.37. The molecule has 0 spiro atoms. The Hall–Kier alpha value is -2.11. The number of hydrogen-bond acceptors (Lipinski definition) is 3. The molecule has 2 unspecified atom stereocenters. The average Bonchev–Trinajstić information content (AvgIpc) is 3.11. The molecule has 0 bridgehead atoms. The first-order valence-corrected chi connectivity index (χ1v) is 8.75. The standard InChI is InChI=1S/C19H18ClFN2O2/c20-14-7-3-8-15(21)17(14)18-22-16-9-2-1-6-13(16)19(24)23(18)11-12-5-4-10-25-12/h1-3,6-9,12,18,22H,4-5,10-11H2. The molecule has 130 valence electrons. The number of hydrogen-bond donors (Lipinski definition) is 1. The Morgan fingerprint density at radius 3 is 2.84 bits per heavy atom. The van der Waals surface area contributed by atoms with Crippen LogP contribution in [0.4, 0.5) is 10.1 Å². The van der Waals surface area contributed by atoms with Crippen molar-refractivity contribution < 1.29 is 13.9 Å². The van der Waals surface area contributed by atoms with Crippen LogP contribution in [0.15, 0.2) is 42.5 Å². The van der Waals surface area contributed by atoms with E-state index in [0.29, 0.717) is 29.4 Å². The van der Waals surface area contributed by atoms with Crippen molar-refractivity contribution in [2.75, 3.05) is 18.5 Å². The average molecular weight is 361 g/mol. The molecule has 2 aromatic carbocycles. The fraction of sp³-hybridized carbons (Fsp3) is 0.316. The molecule has 0 aromatic heterocycles. The van der Waals surface area contributed by atoms with Crippen molar-refractivity contribution >= 4 is 23.2 Å². The van der Waals surface area contributed by atoms with Crippen molar-refractivity contribution in [2.45, 2.75) is 25.1 Å². The minimum atomic E-state index is -0.666. The van der Waals surface area contributed by atoms with Crippen molar-refractivity contribution in [2.24, 2.45) is 0 Å². The number of carbonyl (C=O) groups is 1. The van der Waals surface area contributed by atoms with Crippen molar-refractivity contribution in [1.29, 1.82) is 0 Å². The molecule has 0 radical (unpaired) electrons. The van der Waals surface area contributed by atoms with E-state index >= 15 is 0 Å². The first-order valence-electron chi connectivity index (χ1n) is 8.37. The van der Waals surface area contributed by atoms with Crippen LogP contribution in [-0.2, 0) is 4.74 Å². The Morgan fingerprint density at radius 1 is 1.24 bits per heavy atom. The van der Waals surface area contributed by atoms with Gasteiger partial charge in [0, 0.05) is 24.4 Å². The van der Waals surface area contributed by atoms with E-state index in [4.69, 9.17) is 16.3 Å². The van der Waals surface area contributed by atoms with Gasteiger partial charge in [0.2, 0.25) is 0 Å². The fourth-order valence-corrected chi connectivity index (χ4v) is 3.75. The summed E-state index contributed by atoms with van der Waals surface area (Å²) in [7, 11) is 0. The van der Waals surface area contributed by atoms with Crippen LogP contribution >= 0.6 is 11.6 Å². The fourth-order valence-electron chi connectivity index (χ4n) is 3.49. The summed E-state index contributed by atoms with van der Waals surface area (Å²) in [6.07, 6.45) is 1.16. The summed E-state index contributed by atoms with van der Waals surface area (Å²) < 4.78 is 20.2. The minimum Gasteiger partial charge on any atom is -0.376 e. The van der Waals surface area contributed by atoms with Gasteiger partial charge in [-0.15, -0.1) is 0 Å². The van der Waals surface area contributed by atoms with Gasteiger partial charge in [-0.3, -0.25) is 4.79 Å². The highest BCUT2D eigenvalue weighted by atomic mass is 35.5. The van der Waals surface area contributed by atoms with Gasteiger partial charge in [0.15, 0.2) is 0 Å². The number of anilines is 1. The number of rotatable bonds is 3. The number of ether oxygens (including phenoxy) is 1. The van der Waals surface area contributed by atoms with E-state index in [-0.39, 0.29) is 17.6 Å². The number of nitrogens with zero attached hydrogens (tertiary/aromatic N) is 1. The van der Waals surface area contributed by atoms with Gasteiger partial charge in [0.1, 0.15) is 12.0 Å². The third-order valence-electron chi connectivity index (χ3n) is 4.72. The van der Waals surface area contributed by atoms with E-state index in [1.54, 1.807) is 23.1 Å². The number of halogens is 2. The van der Waals surface area contributed by atoms with Crippen LogP contribution in [0.1, 0.15) is 34.9 Å².